The third kappa shape index (κ3) is 4.02. The van der Waals surface area contributed by atoms with Crippen molar-refractivity contribution in [2.45, 2.75) is 58.0 Å². The maximum Gasteiger partial charge on any atom is 0.0359 e. The molecule has 1 aliphatic rings. The summed E-state index contributed by atoms with van der Waals surface area (Å²) in [5.74, 6) is 0.939. The molecule has 0 radical (unpaired) electrons. The van der Waals surface area contributed by atoms with E-state index in [1.54, 1.807) is 0 Å². The number of anilines is 1. The molecule has 3 N–H and O–H groups in total. The van der Waals surface area contributed by atoms with Crippen molar-refractivity contribution < 1.29 is 0 Å². The van der Waals surface area contributed by atoms with E-state index in [4.69, 9.17) is 5.73 Å². The van der Waals surface area contributed by atoms with Gasteiger partial charge in [-0.15, -0.1) is 0 Å². The van der Waals surface area contributed by atoms with Gasteiger partial charge in [-0.1, -0.05) is 50.3 Å². The molecule has 0 saturated heterocycles. The molecule has 0 amide bonds. The topological polar surface area (TPSA) is 38.0 Å². The lowest BCUT2D eigenvalue weighted by molar-refractivity contribution is 0.305. The van der Waals surface area contributed by atoms with Crippen molar-refractivity contribution >= 4 is 5.69 Å². The normalized spacial score (nSPS) is 18.7. The first-order valence-corrected chi connectivity index (χ1v) is 7.32. The lowest BCUT2D eigenvalue weighted by Gasteiger charge is -2.25. The first kappa shape index (κ1) is 13.4. The Morgan fingerprint density at radius 1 is 1.22 bits per heavy atom. The van der Waals surface area contributed by atoms with Gasteiger partial charge in [-0.05, 0) is 30.9 Å². The Labute approximate surface area is 111 Å². The lowest BCUT2D eigenvalue weighted by Crippen LogP contribution is -2.28. The van der Waals surface area contributed by atoms with Crippen molar-refractivity contribution in [1.29, 1.82) is 0 Å². The number of hydrogen-bond acceptors (Lipinski definition) is 2. The molecule has 1 aliphatic carbocycles. The van der Waals surface area contributed by atoms with Gasteiger partial charge in [0, 0.05) is 18.3 Å². The molecule has 2 heteroatoms. The highest BCUT2D eigenvalue weighted by atomic mass is 14.9. The van der Waals surface area contributed by atoms with Crippen molar-refractivity contribution in [3.63, 3.8) is 0 Å². The van der Waals surface area contributed by atoms with Crippen LogP contribution < -0.4 is 11.1 Å². The van der Waals surface area contributed by atoms with Crippen LogP contribution in [0.3, 0.4) is 0 Å². The van der Waals surface area contributed by atoms with Crippen molar-refractivity contribution in [2.24, 2.45) is 5.92 Å². The Hall–Kier alpha value is -1.02. The van der Waals surface area contributed by atoms with Gasteiger partial charge in [0.15, 0.2) is 0 Å². The van der Waals surface area contributed by atoms with Crippen LogP contribution in [-0.2, 0) is 6.54 Å². The van der Waals surface area contributed by atoms with Crippen LogP contribution >= 0.6 is 0 Å². The molecule has 1 aromatic carbocycles. The molecule has 18 heavy (non-hydrogen) atoms. The summed E-state index contributed by atoms with van der Waals surface area (Å²) in [6.07, 6.45) is 8.48. The molecule has 1 aromatic rings. The minimum absolute atomic E-state index is 0.590. The maximum absolute atomic E-state index is 5.95. The van der Waals surface area contributed by atoms with E-state index in [2.05, 4.69) is 24.4 Å². The van der Waals surface area contributed by atoms with Crippen molar-refractivity contribution in [2.75, 3.05) is 5.73 Å². The summed E-state index contributed by atoms with van der Waals surface area (Å²) in [5.41, 5.74) is 8.06. The van der Waals surface area contributed by atoms with Gasteiger partial charge in [0.2, 0.25) is 0 Å². The summed E-state index contributed by atoms with van der Waals surface area (Å²) in [4.78, 5) is 0. The van der Waals surface area contributed by atoms with Crippen LogP contribution in [0.5, 0.6) is 0 Å². The fourth-order valence-electron chi connectivity index (χ4n) is 2.99. The van der Waals surface area contributed by atoms with Crippen molar-refractivity contribution in [3.8, 4) is 0 Å². The van der Waals surface area contributed by atoms with E-state index in [9.17, 15) is 0 Å². The summed E-state index contributed by atoms with van der Waals surface area (Å²) in [6, 6.07) is 8.72. The van der Waals surface area contributed by atoms with Crippen LogP contribution in [0.15, 0.2) is 24.3 Å². The number of rotatable bonds is 5. The van der Waals surface area contributed by atoms with Crippen LogP contribution in [0.4, 0.5) is 5.69 Å². The third-order valence-corrected chi connectivity index (χ3v) is 4.11. The summed E-state index contributed by atoms with van der Waals surface area (Å²) in [5, 5.41) is 3.61. The highest BCUT2D eigenvalue weighted by molar-refractivity contribution is 5.46. The van der Waals surface area contributed by atoms with E-state index in [1.807, 2.05) is 12.1 Å². The Bertz CT molecular complexity index is 356. The SMILES string of the molecule is CC(CC1CCCCC1)NCc1ccccc1N. The van der Waals surface area contributed by atoms with Crippen LogP contribution in [0, 0.1) is 5.92 Å². The summed E-state index contributed by atoms with van der Waals surface area (Å²) < 4.78 is 0. The molecular formula is C16H26N2. The van der Waals surface area contributed by atoms with E-state index in [-0.39, 0.29) is 0 Å². The molecule has 1 atom stereocenters. The van der Waals surface area contributed by atoms with Gasteiger partial charge in [0.25, 0.3) is 0 Å². The molecule has 1 saturated carbocycles. The van der Waals surface area contributed by atoms with E-state index in [0.717, 1.165) is 18.2 Å². The number of para-hydroxylation sites is 1. The number of benzene rings is 1. The molecule has 1 unspecified atom stereocenters. The minimum Gasteiger partial charge on any atom is -0.398 e. The van der Waals surface area contributed by atoms with E-state index >= 15 is 0 Å². The van der Waals surface area contributed by atoms with Crippen LogP contribution in [0.25, 0.3) is 0 Å². The first-order valence-electron chi connectivity index (χ1n) is 7.32. The summed E-state index contributed by atoms with van der Waals surface area (Å²) in [6.45, 7) is 3.19. The van der Waals surface area contributed by atoms with Crippen LogP contribution in [0.1, 0.15) is 51.0 Å². The monoisotopic (exact) mass is 246 g/mol. The van der Waals surface area contributed by atoms with Crippen molar-refractivity contribution in [1.82, 2.24) is 5.32 Å². The number of nitrogen functional groups attached to an aromatic ring is 1. The predicted octanol–water partition coefficient (Wildman–Crippen LogP) is 3.72. The second kappa shape index (κ2) is 6.79. The standard InChI is InChI=1S/C16H26N2/c1-13(11-14-7-3-2-4-8-14)18-12-15-9-5-6-10-16(15)17/h5-6,9-10,13-14,18H,2-4,7-8,11-12,17H2,1H3. The average Bonchev–Trinajstić information content (AvgIpc) is 2.39. The molecule has 1 fully saturated rings. The van der Waals surface area contributed by atoms with E-state index in [0.29, 0.717) is 6.04 Å². The van der Waals surface area contributed by atoms with Gasteiger partial charge in [0.1, 0.15) is 0 Å². The highest BCUT2D eigenvalue weighted by Crippen LogP contribution is 2.27. The van der Waals surface area contributed by atoms with Gasteiger partial charge in [-0.25, -0.2) is 0 Å². The Morgan fingerprint density at radius 2 is 1.94 bits per heavy atom. The third-order valence-electron chi connectivity index (χ3n) is 4.11. The fraction of sp³-hybridized carbons (Fsp3) is 0.625. The average molecular weight is 246 g/mol. The number of hydrogen-bond donors (Lipinski definition) is 2. The lowest BCUT2D eigenvalue weighted by atomic mass is 9.85. The largest absolute Gasteiger partial charge is 0.398 e. The number of nitrogens with one attached hydrogen (secondary N) is 1. The predicted molar refractivity (Wildman–Crippen MR) is 78.3 cm³/mol. The molecule has 0 aliphatic heterocycles. The highest BCUT2D eigenvalue weighted by Gasteiger charge is 2.16. The zero-order valence-electron chi connectivity index (χ0n) is 11.5. The van der Waals surface area contributed by atoms with E-state index in [1.165, 1.54) is 44.1 Å². The van der Waals surface area contributed by atoms with Gasteiger partial charge < -0.3 is 11.1 Å². The Kier molecular flexibility index (Phi) is 5.06. The second-order valence-electron chi connectivity index (χ2n) is 5.72. The molecule has 2 rings (SSSR count). The van der Waals surface area contributed by atoms with Gasteiger partial charge >= 0.3 is 0 Å². The molecule has 100 valence electrons. The fourth-order valence-corrected chi connectivity index (χ4v) is 2.99. The van der Waals surface area contributed by atoms with Gasteiger partial charge in [0.05, 0.1) is 0 Å². The first-order chi connectivity index (χ1) is 8.75. The molecule has 0 bridgehead atoms. The summed E-state index contributed by atoms with van der Waals surface area (Å²) >= 11 is 0. The molecule has 0 heterocycles. The minimum atomic E-state index is 0.590. The van der Waals surface area contributed by atoms with Crippen molar-refractivity contribution in [3.05, 3.63) is 29.8 Å². The van der Waals surface area contributed by atoms with Crippen LogP contribution in [0.2, 0.25) is 0 Å². The Balaban J connectivity index is 1.74. The maximum atomic E-state index is 5.95. The summed E-state index contributed by atoms with van der Waals surface area (Å²) in [7, 11) is 0. The quantitative estimate of drug-likeness (QED) is 0.777. The second-order valence-corrected chi connectivity index (χ2v) is 5.72. The van der Waals surface area contributed by atoms with Gasteiger partial charge in [-0.3, -0.25) is 0 Å². The molecule has 0 spiro atoms. The van der Waals surface area contributed by atoms with Gasteiger partial charge in [-0.2, -0.15) is 0 Å². The zero-order chi connectivity index (χ0) is 12.8. The number of nitrogens with two attached hydrogens (primary N) is 1. The molecular weight excluding hydrogens is 220 g/mol. The zero-order valence-corrected chi connectivity index (χ0v) is 11.5. The smallest absolute Gasteiger partial charge is 0.0359 e. The van der Waals surface area contributed by atoms with Crippen LogP contribution in [-0.4, -0.2) is 6.04 Å². The molecule has 2 nitrogen and oxygen atoms in total. The molecule has 0 aromatic heterocycles. The Morgan fingerprint density at radius 3 is 2.67 bits per heavy atom. The van der Waals surface area contributed by atoms with E-state index < -0.39 is 0 Å².